The Hall–Kier alpha value is -4.17. The van der Waals surface area contributed by atoms with Crippen LogP contribution in [-0.2, 0) is 0 Å². The van der Waals surface area contributed by atoms with Crippen LogP contribution in [0.1, 0.15) is 25.3 Å². The van der Waals surface area contributed by atoms with Crippen molar-refractivity contribution in [1.29, 1.82) is 0 Å². The molecule has 2 nitrogen and oxygen atoms in total. The first-order valence-electron chi connectivity index (χ1n) is 11.8. The molecule has 2 aromatic heterocycles. The molecular formula is C32H23NO. The van der Waals surface area contributed by atoms with E-state index >= 15 is 0 Å². The van der Waals surface area contributed by atoms with E-state index in [0.29, 0.717) is 5.92 Å². The molecule has 0 aliphatic rings. The van der Waals surface area contributed by atoms with Crippen molar-refractivity contribution in [2.75, 3.05) is 0 Å². The summed E-state index contributed by atoms with van der Waals surface area (Å²) >= 11 is 0. The SMILES string of the molecule is CC(C)c1cccc2nc(-c3ccc4oc5ccc6ccc7ccccc7c6c5c4c3)ccc12. The Bertz CT molecular complexity index is 1890. The molecule has 0 fully saturated rings. The van der Waals surface area contributed by atoms with Crippen LogP contribution in [0.4, 0.5) is 0 Å². The average Bonchev–Trinajstić information content (AvgIpc) is 3.25. The van der Waals surface area contributed by atoms with Crippen molar-refractivity contribution in [3.63, 3.8) is 0 Å². The summed E-state index contributed by atoms with van der Waals surface area (Å²) in [6.07, 6.45) is 0. The lowest BCUT2D eigenvalue weighted by atomic mass is 9.96. The number of benzene rings is 5. The third-order valence-corrected chi connectivity index (χ3v) is 7.02. The first-order valence-corrected chi connectivity index (χ1v) is 11.8. The number of hydrogen-bond acceptors (Lipinski definition) is 2. The minimum absolute atomic E-state index is 0.466. The van der Waals surface area contributed by atoms with Gasteiger partial charge in [-0.05, 0) is 64.0 Å². The van der Waals surface area contributed by atoms with E-state index in [1.54, 1.807) is 0 Å². The Labute approximate surface area is 197 Å². The summed E-state index contributed by atoms with van der Waals surface area (Å²) in [6, 6.07) is 34.4. The average molecular weight is 438 g/mol. The maximum absolute atomic E-state index is 6.29. The fourth-order valence-electron chi connectivity index (χ4n) is 5.37. The highest BCUT2D eigenvalue weighted by atomic mass is 16.3. The summed E-state index contributed by atoms with van der Waals surface area (Å²) in [7, 11) is 0. The number of nitrogens with zero attached hydrogens (tertiary/aromatic N) is 1. The molecule has 0 bridgehead atoms. The summed E-state index contributed by atoms with van der Waals surface area (Å²) in [5, 5.41) is 8.51. The van der Waals surface area contributed by atoms with Gasteiger partial charge in [0.05, 0.1) is 11.2 Å². The second-order valence-corrected chi connectivity index (χ2v) is 9.40. The van der Waals surface area contributed by atoms with Crippen molar-refractivity contribution in [2.45, 2.75) is 19.8 Å². The molecule has 7 rings (SSSR count). The van der Waals surface area contributed by atoms with E-state index < -0.39 is 0 Å². The molecule has 0 saturated heterocycles. The second kappa shape index (κ2) is 7.16. The van der Waals surface area contributed by atoms with Crippen LogP contribution in [0.25, 0.3) is 65.6 Å². The third kappa shape index (κ3) is 2.78. The number of furan rings is 1. The molecule has 0 unspecified atom stereocenters. The molecule has 5 aromatic carbocycles. The molecule has 0 aliphatic carbocycles. The van der Waals surface area contributed by atoms with E-state index in [-0.39, 0.29) is 0 Å². The second-order valence-electron chi connectivity index (χ2n) is 9.40. The van der Waals surface area contributed by atoms with Crippen molar-refractivity contribution in [3.05, 3.63) is 103 Å². The Morgan fingerprint density at radius 3 is 2.35 bits per heavy atom. The van der Waals surface area contributed by atoms with Gasteiger partial charge < -0.3 is 4.42 Å². The van der Waals surface area contributed by atoms with Crippen molar-refractivity contribution in [3.8, 4) is 11.3 Å². The Balaban J connectivity index is 1.51. The van der Waals surface area contributed by atoms with Crippen LogP contribution in [0, 0.1) is 0 Å². The van der Waals surface area contributed by atoms with Crippen LogP contribution >= 0.6 is 0 Å². The van der Waals surface area contributed by atoms with E-state index in [1.165, 1.54) is 37.9 Å². The molecule has 0 amide bonds. The highest BCUT2D eigenvalue weighted by molar-refractivity contribution is 6.26. The van der Waals surface area contributed by atoms with Crippen LogP contribution < -0.4 is 0 Å². The van der Waals surface area contributed by atoms with Gasteiger partial charge in [-0.2, -0.15) is 0 Å². The topological polar surface area (TPSA) is 26.0 Å². The van der Waals surface area contributed by atoms with Gasteiger partial charge in [0, 0.05) is 27.1 Å². The molecule has 0 N–H and O–H groups in total. The summed E-state index contributed by atoms with van der Waals surface area (Å²) in [4.78, 5) is 5.04. The molecule has 0 aliphatic heterocycles. The van der Waals surface area contributed by atoms with Crippen LogP contribution in [-0.4, -0.2) is 4.98 Å². The molecule has 0 atom stereocenters. The maximum atomic E-state index is 6.29. The summed E-state index contributed by atoms with van der Waals surface area (Å²) in [5.74, 6) is 0.466. The Kier molecular flexibility index (Phi) is 4.07. The zero-order chi connectivity index (χ0) is 22.8. The number of pyridine rings is 1. The lowest BCUT2D eigenvalue weighted by Gasteiger charge is -2.10. The predicted molar refractivity (Wildman–Crippen MR) is 144 cm³/mol. The lowest BCUT2D eigenvalue weighted by Crippen LogP contribution is -1.92. The van der Waals surface area contributed by atoms with E-state index in [2.05, 4.69) is 111 Å². The number of hydrogen-bond donors (Lipinski definition) is 0. The van der Waals surface area contributed by atoms with Crippen molar-refractivity contribution < 1.29 is 4.42 Å². The summed E-state index contributed by atoms with van der Waals surface area (Å²) < 4.78 is 6.29. The van der Waals surface area contributed by atoms with E-state index in [1.807, 2.05) is 0 Å². The highest BCUT2D eigenvalue weighted by Gasteiger charge is 2.15. The molecule has 0 saturated carbocycles. The van der Waals surface area contributed by atoms with Crippen molar-refractivity contribution >= 4 is 54.4 Å². The standard InChI is InChI=1S/C32H23NO/c1-19(2)23-8-5-9-28-25(23)14-15-27(33-28)22-13-16-29-26(18-22)32-30(34-29)17-12-21-11-10-20-6-3-4-7-24(20)31(21)32/h3-19H,1-2H3. The van der Waals surface area contributed by atoms with Gasteiger partial charge in [0.2, 0.25) is 0 Å². The zero-order valence-electron chi connectivity index (χ0n) is 19.2. The predicted octanol–water partition coefficient (Wildman–Crippen LogP) is 9.23. The molecule has 162 valence electrons. The van der Waals surface area contributed by atoms with Crippen molar-refractivity contribution in [2.24, 2.45) is 0 Å². The number of rotatable bonds is 2. The Morgan fingerprint density at radius 1 is 0.618 bits per heavy atom. The highest BCUT2D eigenvalue weighted by Crippen LogP contribution is 2.39. The maximum Gasteiger partial charge on any atom is 0.136 e. The zero-order valence-corrected chi connectivity index (χ0v) is 19.2. The van der Waals surface area contributed by atoms with Gasteiger partial charge in [-0.1, -0.05) is 74.5 Å². The molecule has 0 spiro atoms. The first-order chi connectivity index (χ1) is 16.7. The van der Waals surface area contributed by atoms with Gasteiger partial charge in [-0.25, -0.2) is 4.98 Å². The van der Waals surface area contributed by atoms with Crippen molar-refractivity contribution in [1.82, 2.24) is 4.98 Å². The van der Waals surface area contributed by atoms with E-state index in [0.717, 1.165) is 33.3 Å². The fraction of sp³-hybridized carbons (Fsp3) is 0.0938. The van der Waals surface area contributed by atoms with Crippen LogP contribution in [0.15, 0.2) is 101 Å². The molecule has 0 radical (unpaired) electrons. The lowest BCUT2D eigenvalue weighted by molar-refractivity contribution is 0.669. The molecular weight excluding hydrogens is 414 g/mol. The minimum atomic E-state index is 0.466. The Morgan fingerprint density at radius 2 is 1.44 bits per heavy atom. The molecule has 7 aromatic rings. The number of fused-ring (bicyclic) bond motifs is 8. The summed E-state index contributed by atoms with van der Waals surface area (Å²) in [5.41, 5.74) is 6.29. The monoisotopic (exact) mass is 437 g/mol. The van der Waals surface area contributed by atoms with Gasteiger partial charge in [0.25, 0.3) is 0 Å². The molecule has 2 heteroatoms. The van der Waals surface area contributed by atoms with Crippen LogP contribution in [0.5, 0.6) is 0 Å². The normalized spacial score (nSPS) is 12.1. The smallest absolute Gasteiger partial charge is 0.136 e. The molecule has 2 heterocycles. The van der Waals surface area contributed by atoms with Crippen LogP contribution in [0.3, 0.4) is 0 Å². The van der Waals surface area contributed by atoms with Gasteiger partial charge in [0.15, 0.2) is 0 Å². The van der Waals surface area contributed by atoms with E-state index in [4.69, 9.17) is 9.40 Å². The number of aromatic nitrogens is 1. The van der Waals surface area contributed by atoms with Gasteiger partial charge >= 0.3 is 0 Å². The molecule has 34 heavy (non-hydrogen) atoms. The largest absolute Gasteiger partial charge is 0.456 e. The quantitative estimate of drug-likeness (QED) is 0.252. The van der Waals surface area contributed by atoms with Gasteiger partial charge in [0.1, 0.15) is 11.2 Å². The van der Waals surface area contributed by atoms with Crippen LogP contribution in [0.2, 0.25) is 0 Å². The fourth-order valence-corrected chi connectivity index (χ4v) is 5.37. The first kappa shape index (κ1) is 19.3. The van der Waals surface area contributed by atoms with E-state index in [9.17, 15) is 0 Å². The summed E-state index contributed by atoms with van der Waals surface area (Å²) in [6.45, 7) is 4.46. The minimum Gasteiger partial charge on any atom is -0.456 e. The third-order valence-electron chi connectivity index (χ3n) is 7.02. The van der Waals surface area contributed by atoms with Gasteiger partial charge in [-0.3, -0.25) is 0 Å². The van der Waals surface area contributed by atoms with Gasteiger partial charge in [-0.15, -0.1) is 0 Å².